The Kier molecular flexibility index (Phi) is 7.13. The predicted octanol–water partition coefficient (Wildman–Crippen LogP) is 1.69. The number of carbonyl (C=O) groups excluding carboxylic acids is 1. The van der Waals surface area contributed by atoms with Crippen molar-refractivity contribution in [3.63, 3.8) is 0 Å². The number of piperazine rings is 1. The maximum atomic E-state index is 11.8. The molecule has 0 radical (unpaired) electrons. The third kappa shape index (κ3) is 6.12. The molecule has 1 fully saturated rings. The lowest BCUT2D eigenvalue weighted by Crippen LogP contribution is -2.43. The van der Waals surface area contributed by atoms with Gasteiger partial charge in [0, 0.05) is 50.2 Å². The van der Waals surface area contributed by atoms with Gasteiger partial charge in [0.25, 0.3) is 0 Å². The zero-order valence-electron chi connectivity index (χ0n) is 16.1. The fourth-order valence-corrected chi connectivity index (χ4v) is 3.90. The number of likely N-dealkylation sites (N-methyl/N-ethyl adjacent to an activating group) is 1. The van der Waals surface area contributed by atoms with Crippen LogP contribution in [0.1, 0.15) is 17.7 Å². The van der Waals surface area contributed by atoms with Crippen molar-refractivity contribution >= 4 is 23.2 Å². The Morgan fingerprint density at radius 2 is 1.89 bits per heavy atom. The van der Waals surface area contributed by atoms with Gasteiger partial charge in [0.2, 0.25) is 5.91 Å². The second kappa shape index (κ2) is 9.77. The first-order valence-corrected chi connectivity index (χ1v) is 10.3. The number of thiazole rings is 1. The van der Waals surface area contributed by atoms with Crippen LogP contribution in [0, 0.1) is 0 Å². The van der Waals surface area contributed by atoms with Crippen molar-refractivity contribution in [2.24, 2.45) is 0 Å². The minimum Gasteiger partial charge on any atom is -0.481 e. The van der Waals surface area contributed by atoms with Crippen molar-refractivity contribution in [2.45, 2.75) is 19.4 Å². The number of nitrogens with one attached hydrogen (secondary N) is 1. The van der Waals surface area contributed by atoms with E-state index in [-0.39, 0.29) is 25.3 Å². The summed E-state index contributed by atoms with van der Waals surface area (Å²) in [6.07, 6.45) is 0.0894. The first-order valence-electron chi connectivity index (χ1n) is 9.43. The molecule has 0 unspecified atom stereocenters. The van der Waals surface area contributed by atoms with Crippen LogP contribution in [0.3, 0.4) is 0 Å². The van der Waals surface area contributed by atoms with Crippen LogP contribution < -0.4 is 5.32 Å². The first-order chi connectivity index (χ1) is 13.5. The Hall–Kier alpha value is -2.29. The number of hydrogen-bond donors (Lipinski definition) is 2. The van der Waals surface area contributed by atoms with E-state index in [4.69, 9.17) is 5.11 Å². The summed E-state index contributed by atoms with van der Waals surface area (Å²) < 4.78 is 0. The summed E-state index contributed by atoms with van der Waals surface area (Å²) >= 11 is 1.51. The molecule has 1 aliphatic heterocycles. The van der Waals surface area contributed by atoms with Crippen LogP contribution in [0.25, 0.3) is 10.6 Å². The lowest BCUT2D eigenvalue weighted by atomic mass is 10.1. The lowest BCUT2D eigenvalue weighted by molar-refractivity contribution is -0.136. The third-order valence-corrected chi connectivity index (χ3v) is 5.70. The zero-order chi connectivity index (χ0) is 19.9. The van der Waals surface area contributed by atoms with E-state index in [9.17, 15) is 9.59 Å². The number of carbonyl (C=O) groups is 2. The van der Waals surface area contributed by atoms with Gasteiger partial charge in [-0.3, -0.25) is 14.5 Å². The van der Waals surface area contributed by atoms with Crippen LogP contribution in [0.4, 0.5) is 0 Å². The highest BCUT2D eigenvalue weighted by Crippen LogP contribution is 2.24. The lowest BCUT2D eigenvalue weighted by Gasteiger charge is -2.32. The normalized spacial score (nSPS) is 15.5. The standard InChI is InChI=1S/C20H26N4O3S/c1-23-8-10-24(11-9-23)13-15-2-4-16(5-3-15)20-22-17(14-28-20)12-18(25)21-7-6-19(26)27/h2-5,14H,6-13H2,1H3,(H,21,25)(H,26,27). The minimum absolute atomic E-state index is 0.0749. The molecule has 0 saturated carbocycles. The summed E-state index contributed by atoms with van der Waals surface area (Å²) in [7, 11) is 2.16. The average Bonchev–Trinajstić information content (AvgIpc) is 3.12. The zero-order valence-corrected chi connectivity index (χ0v) is 16.9. The molecule has 7 nitrogen and oxygen atoms in total. The van der Waals surface area contributed by atoms with E-state index in [1.807, 2.05) is 5.38 Å². The smallest absolute Gasteiger partial charge is 0.305 e. The van der Waals surface area contributed by atoms with E-state index in [2.05, 4.69) is 51.4 Å². The van der Waals surface area contributed by atoms with Gasteiger partial charge < -0.3 is 15.3 Å². The second-order valence-corrected chi connectivity index (χ2v) is 7.95. The Morgan fingerprint density at radius 1 is 1.18 bits per heavy atom. The summed E-state index contributed by atoms with van der Waals surface area (Å²) in [5.41, 5.74) is 3.04. The van der Waals surface area contributed by atoms with Gasteiger partial charge in [-0.15, -0.1) is 11.3 Å². The molecular weight excluding hydrogens is 376 g/mol. The molecule has 0 aliphatic carbocycles. The summed E-state index contributed by atoms with van der Waals surface area (Å²) in [6.45, 7) is 5.53. The number of carboxylic acid groups (broad SMARTS) is 1. The molecule has 1 aliphatic rings. The van der Waals surface area contributed by atoms with E-state index in [1.165, 1.54) is 16.9 Å². The molecule has 0 atom stereocenters. The molecule has 1 aromatic heterocycles. The third-order valence-electron chi connectivity index (χ3n) is 4.76. The predicted molar refractivity (Wildman–Crippen MR) is 109 cm³/mol. The number of rotatable bonds is 8. The fourth-order valence-electron chi connectivity index (χ4n) is 3.07. The van der Waals surface area contributed by atoms with E-state index >= 15 is 0 Å². The topological polar surface area (TPSA) is 85.8 Å². The molecule has 2 aromatic rings. The molecule has 1 aromatic carbocycles. The van der Waals surface area contributed by atoms with Crippen molar-refractivity contribution in [1.29, 1.82) is 0 Å². The molecular formula is C20H26N4O3S. The Morgan fingerprint density at radius 3 is 2.57 bits per heavy atom. The fraction of sp³-hybridized carbons (Fsp3) is 0.450. The quantitative estimate of drug-likeness (QED) is 0.699. The van der Waals surface area contributed by atoms with Crippen LogP contribution in [-0.2, 0) is 22.6 Å². The number of hydrogen-bond acceptors (Lipinski definition) is 6. The number of benzene rings is 1. The van der Waals surface area contributed by atoms with Crippen molar-refractivity contribution in [1.82, 2.24) is 20.1 Å². The second-order valence-electron chi connectivity index (χ2n) is 7.09. The number of amides is 1. The molecule has 150 valence electrons. The van der Waals surface area contributed by atoms with Crippen molar-refractivity contribution in [2.75, 3.05) is 39.8 Å². The van der Waals surface area contributed by atoms with Crippen LogP contribution in [0.5, 0.6) is 0 Å². The van der Waals surface area contributed by atoms with Gasteiger partial charge in [-0.1, -0.05) is 24.3 Å². The van der Waals surface area contributed by atoms with Crippen LogP contribution in [0.2, 0.25) is 0 Å². The molecule has 2 N–H and O–H groups in total. The van der Waals surface area contributed by atoms with Crippen LogP contribution in [-0.4, -0.2) is 71.5 Å². The molecule has 1 amide bonds. The summed E-state index contributed by atoms with van der Waals surface area (Å²) in [5, 5.41) is 14.0. The Labute approximate surface area is 169 Å². The molecule has 8 heteroatoms. The van der Waals surface area contributed by atoms with Gasteiger partial charge in [-0.05, 0) is 12.6 Å². The van der Waals surface area contributed by atoms with Crippen molar-refractivity contribution < 1.29 is 14.7 Å². The van der Waals surface area contributed by atoms with Gasteiger partial charge in [-0.25, -0.2) is 4.98 Å². The molecule has 0 bridgehead atoms. The average molecular weight is 403 g/mol. The first kappa shape index (κ1) is 20.4. The molecule has 1 saturated heterocycles. The Balaban J connectivity index is 1.51. The number of nitrogens with zero attached hydrogens (tertiary/aromatic N) is 3. The van der Waals surface area contributed by atoms with E-state index in [0.29, 0.717) is 5.69 Å². The minimum atomic E-state index is -0.924. The molecule has 0 spiro atoms. The van der Waals surface area contributed by atoms with E-state index in [0.717, 1.165) is 43.3 Å². The van der Waals surface area contributed by atoms with Crippen molar-refractivity contribution in [3.8, 4) is 10.6 Å². The summed E-state index contributed by atoms with van der Waals surface area (Å²) in [6, 6.07) is 8.46. The van der Waals surface area contributed by atoms with Gasteiger partial charge in [0.1, 0.15) is 5.01 Å². The maximum absolute atomic E-state index is 11.8. The van der Waals surface area contributed by atoms with Gasteiger partial charge in [0.05, 0.1) is 18.5 Å². The van der Waals surface area contributed by atoms with Crippen molar-refractivity contribution in [3.05, 3.63) is 40.9 Å². The van der Waals surface area contributed by atoms with Gasteiger partial charge in [0.15, 0.2) is 0 Å². The number of aromatic nitrogens is 1. The number of aliphatic carboxylic acids is 1. The maximum Gasteiger partial charge on any atom is 0.305 e. The van der Waals surface area contributed by atoms with E-state index in [1.54, 1.807) is 0 Å². The molecule has 2 heterocycles. The van der Waals surface area contributed by atoms with Crippen LogP contribution in [0.15, 0.2) is 29.6 Å². The van der Waals surface area contributed by atoms with Gasteiger partial charge in [-0.2, -0.15) is 0 Å². The summed E-state index contributed by atoms with van der Waals surface area (Å²) in [4.78, 5) is 31.7. The molecule has 28 heavy (non-hydrogen) atoms. The van der Waals surface area contributed by atoms with Gasteiger partial charge >= 0.3 is 5.97 Å². The highest BCUT2D eigenvalue weighted by molar-refractivity contribution is 7.13. The Bertz CT molecular complexity index is 798. The molecule has 3 rings (SSSR count). The number of carboxylic acids is 1. The highest BCUT2D eigenvalue weighted by Gasteiger charge is 2.14. The van der Waals surface area contributed by atoms with E-state index < -0.39 is 5.97 Å². The summed E-state index contributed by atoms with van der Waals surface area (Å²) in [5.74, 6) is -1.13. The SMILES string of the molecule is CN1CCN(Cc2ccc(-c3nc(CC(=O)NCCC(=O)O)cs3)cc2)CC1. The largest absolute Gasteiger partial charge is 0.481 e. The monoisotopic (exact) mass is 402 g/mol. The van der Waals surface area contributed by atoms with Crippen LogP contribution >= 0.6 is 11.3 Å². The highest BCUT2D eigenvalue weighted by atomic mass is 32.1.